The fourth-order valence-electron chi connectivity index (χ4n) is 1.42. The first-order chi connectivity index (χ1) is 7.73. The minimum atomic E-state index is -0.236. The highest BCUT2D eigenvalue weighted by molar-refractivity contribution is 8.01. The molecular formula is C12H13NO2S. The summed E-state index contributed by atoms with van der Waals surface area (Å²) < 4.78 is 10.2. The van der Waals surface area contributed by atoms with Gasteiger partial charge in [0, 0.05) is 0 Å². The van der Waals surface area contributed by atoms with Gasteiger partial charge < -0.3 is 9.47 Å². The molecule has 0 heterocycles. The molecule has 0 bridgehead atoms. The summed E-state index contributed by atoms with van der Waals surface area (Å²) in [6, 6.07) is 8.00. The first-order valence-electron chi connectivity index (χ1n) is 5.05. The van der Waals surface area contributed by atoms with Gasteiger partial charge in [-0.1, -0.05) is 11.8 Å². The van der Waals surface area contributed by atoms with E-state index >= 15 is 0 Å². The van der Waals surface area contributed by atoms with Crippen LogP contribution in [0.3, 0.4) is 0 Å². The summed E-state index contributed by atoms with van der Waals surface area (Å²) in [4.78, 5) is 0.973. The Bertz CT molecular complexity index is 435. The maximum Gasteiger partial charge on any atom is 0.132 e. The number of nitriles is 1. The Kier molecular flexibility index (Phi) is 2.97. The highest BCUT2D eigenvalue weighted by Gasteiger charge is 2.45. The Morgan fingerprint density at radius 2 is 2.06 bits per heavy atom. The SMILES string of the molecule is COc1ccc(OC)c(SC2(C#N)CC2)c1. The van der Waals surface area contributed by atoms with Crippen LogP contribution >= 0.6 is 11.8 Å². The molecule has 16 heavy (non-hydrogen) atoms. The highest BCUT2D eigenvalue weighted by atomic mass is 32.2. The lowest BCUT2D eigenvalue weighted by atomic mass is 10.3. The summed E-state index contributed by atoms with van der Waals surface area (Å²) in [5, 5.41) is 9.07. The number of nitrogens with zero attached hydrogens (tertiary/aromatic N) is 1. The number of hydrogen-bond donors (Lipinski definition) is 0. The van der Waals surface area contributed by atoms with Gasteiger partial charge in [-0.15, -0.1) is 0 Å². The van der Waals surface area contributed by atoms with Gasteiger partial charge in [0.2, 0.25) is 0 Å². The van der Waals surface area contributed by atoms with Crippen LogP contribution in [-0.4, -0.2) is 19.0 Å². The number of rotatable bonds is 4. The van der Waals surface area contributed by atoms with Crippen molar-refractivity contribution in [3.05, 3.63) is 18.2 Å². The van der Waals surface area contributed by atoms with E-state index in [1.807, 2.05) is 18.2 Å². The topological polar surface area (TPSA) is 42.2 Å². The molecule has 1 aliphatic rings. The molecule has 2 rings (SSSR count). The summed E-state index contributed by atoms with van der Waals surface area (Å²) in [6.07, 6.45) is 1.91. The molecule has 0 amide bonds. The lowest BCUT2D eigenvalue weighted by Gasteiger charge is -2.11. The van der Waals surface area contributed by atoms with Crippen LogP contribution in [0.25, 0.3) is 0 Å². The van der Waals surface area contributed by atoms with Crippen LogP contribution in [0.2, 0.25) is 0 Å². The van der Waals surface area contributed by atoms with E-state index in [1.54, 1.807) is 26.0 Å². The molecule has 4 heteroatoms. The molecule has 1 aliphatic carbocycles. The molecule has 0 atom stereocenters. The van der Waals surface area contributed by atoms with E-state index in [-0.39, 0.29) is 4.75 Å². The summed E-state index contributed by atoms with van der Waals surface area (Å²) >= 11 is 1.57. The molecule has 0 radical (unpaired) electrons. The van der Waals surface area contributed by atoms with Crippen LogP contribution in [0, 0.1) is 11.3 Å². The summed E-state index contributed by atoms with van der Waals surface area (Å²) in [5.74, 6) is 1.59. The normalized spacial score (nSPS) is 16.3. The second kappa shape index (κ2) is 4.26. The third-order valence-corrected chi connectivity index (χ3v) is 4.01. The van der Waals surface area contributed by atoms with E-state index in [0.29, 0.717) is 0 Å². The standard InChI is InChI=1S/C12H13NO2S/c1-14-9-3-4-10(15-2)11(7-9)16-12(8-13)5-6-12/h3-4,7H,5-6H2,1-2H3. The largest absolute Gasteiger partial charge is 0.497 e. The van der Waals surface area contributed by atoms with Crippen molar-refractivity contribution in [1.29, 1.82) is 5.26 Å². The van der Waals surface area contributed by atoms with Crippen molar-refractivity contribution in [2.45, 2.75) is 22.5 Å². The summed E-state index contributed by atoms with van der Waals surface area (Å²) in [7, 11) is 3.27. The molecule has 0 spiro atoms. The Morgan fingerprint density at radius 1 is 1.31 bits per heavy atom. The predicted octanol–water partition coefficient (Wildman–Crippen LogP) is 2.85. The Balaban J connectivity index is 2.27. The number of methoxy groups -OCH3 is 2. The first-order valence-corrected chi connectivity index (χ1v) is 5.87. The minimum absolute atomic E-state index is 0.236. The third kappa shape index (κ3) is 2.10. The van der Waals surface area contributed by atoms with E-state index in [1.165, 1.54) is 0 Å². The van der Waals surface area contributed by atoms with Gasteiger partial charge in [-0.3, -0.25) is 0 Å². The summed E-state index contributed by atoms with van der Waals surface area (Å²) in [5.41, 5.74) is 0. The van der Waals surface area contributed by atoms with Gasteiger partial charge in [0.05, 0.1) is 25.2 Å². The zero-order valence-electron chi connectivity index (χ0n) is 9.32. The van der Waals surface area contributed by atoms with Crippen molar-refractivity contribution in [3.63, 3.8) is 0 Å². The Hall–Kier alpha value is -1.34. The lowest BCUT2D eigenvalue weighted by molar-refractivity contribution is 0.394. The summed E-state index contributed by atoms with van der Waals surface area (Å²) in [6.45, 7) is 0. The number of ether oxygens (including phenoxy) is 2. The molecule has 3 nitrogen and oxygen atoms in total. The second-order valence-electron chi connectivity index (χ2n) is 3.72. The van der Waals surface area contributed by atoms with Crippen molar-refractivity contribution < 1.29 is 9.47 Å². The number of hydrogen-bond acceptors (Lipinski definition) is 4. The van der Waals surface area contributed by atoms with Crippen molar-refractivity contribution in [2.24, 2.45) is 0 Å². The van der Waals surface area contributed by atoms with E-state index in [4.69, 9.17) is 14.7 Å². The third-order valence-electron chi connectivity index (χ3n) is 2.58. The molecule has 0 unspecified atom stereocenters. The van der Waals surface area contributed by atoms with E-state index in [9.17, 15) is 0 Å². The minimum Gasteiger partial charge on any atom is -0.497 e. The zero-order valence-corrected chi connectivity index (χ0v) is 10.1. The van der Waals surface area contributed by atoms with Crippen molar-refractivity contribution in [2.75, 3.05) is 14.2 Å². The fourth-order valence-corrected chi connectivity index (χ4v) is 2.62. The highest BCUT2D eigenvalue weighted by Crippen LogP contribution is 2.53. The van der Waals surface area contributed by atoms with Crippen LogP contribution < -0.4 is 9.47 Å². The molecule has 0 aliphatic heterocycles. The zero-order chi connectivity index (χ0) is 11.6. The molecule has 0 aromatic heterocycles. The maximum absolute atomic E-state index is 9.07. The van der Waals surface area contributed by atoms with Crippen molar-refractivity contribution in [3.8, 4) is 17.6 Å². The van der Waals surface area contributed by atoms with E-state index < -0.39 is 0 Å². The smallest absolute Gasteiger partial charge is 0.132 e. The van der Waals surface area contributed by atoms with Gasteiger partial charge in [-0.25, -0.2) is 0 Å². The van der Waals surface area contributed by atoms with E-state index in [0.717, 1.165) is 29.2 Å². The molecule has 0 N–H and O–H groups in total. The number of thioether (sulfide) groups is 1. The van der Waals surface area contributed by atoms with Crippen molar-refractivity contribution >= 4 is 11.8 Å². The molecule has 1 fully saturated rings. The monoisotopic (exact) mass is 235 g/mol. The Labute approximate surface area is 99.4 Å². The molecule has 1 aromatic carbocycles. The van der Waals surface area contributed by atoms with Crippen LogP contribution in [0.15, 0.2) is 23.1 Å². The van der Waals surface area contributed by atoms with Gasteiger partial charge in [0.25, 0.3) is 0 Å². The molecule has 0 saturated heterocycles. The van der Waals surface area contributed by atoms with Gasteiger partial charge in [-0.2, -0.15) is 5.26 Å². The lowest BCUT2D eigenvalue weighted by Crippen LogP contribution is -1.98. The average molecular weight is 235 g/mol. The van der Waals surface area contributed by atoms with Crippen LogP contribution in [0.4, 0.5) is 0 Å². The first kappa shape index (κ1) is 11.2. The average Bonchev–Trinajstić information content (AvgIpc) is 3.09. The van der Waals surface area contributed by atoms with Crippen LogP contribution in [0.1, 0.15) is 12.8 Å². The molecular weight excluding hydrogens is 222 g/mol. The molecule has 1 saturated carbocycles. The van der Waals surface area contributed by atoms with E-state index in [2.05, 4.69) is 6.07 Å². The van der Waals surface area contributed by atoms with Gasteiger partial charge in [0.15, 0.2) is 0 Å². The Morgan fingerprint density at radius 3 is 2.56 bits per heavy atom. The number of benzene rings is 1. The predicted molar refractivity (Wildman–Crippen MR) is 63.0 cm³/mol. The van der Waals surface area contributed by atoms with Crippen LogP contribution in [0.5, 0.6) is 11.5 Å². The maximum atomic E-state index is 9.07. The van der Waals surface area contributed by atoms with Crippen molar-refractivity contribution in [1.82, 2.24) is 0 Å². The fraction of sp³-hybridized carbons (Fsp3) is 0.417. The quantitative estimate of drug-likeness (QED) is 0.804. The molecule has 84 valence electrons. The van der Waals surface area contributed by atoms with Gasteiger partial charge >= 0.3 is 0 Å². The van der Waals surface area contributed by atoms with Gasteiger partial charge in [-0.05, 0) is 31.0 Å². The second-order valence-corrected chi connectivity index (χ2v) is 5.15. The molecule has 1 aromatic rings. The van der Waals surface area contributed by atoms with Gasteiger partial charge in [0.1, 0.15) is 16.2 Å². The van der Waals surface area contributed by atoms with Crippen LogP contribution in [-0.2, 0) is 0 Å².